The van der Waals surface area contributed by atoms with Gasteiger partial charge in [0.15, 0.2) is 0 Å². The van der Waals surface area contributed by atoms with Crippen LogP contribution in [0.25, 0.3) is 0 Å². The second-order valence-electron chi connectivity index (χ2n) is 4.31. The van der Waals surface area contributed by atoms with Gasteiger partial charge in [0.25, 0.3) is 11.6 Å². The van der Waals surface area contributed by atoms with E-state index in [1.54, 1.807) is 0 Å². The quantitative estimate of drug-likeness (QED) is 0.665. The van der Waals surface area contributed by atoms with Gasteiger partial charge in [0.1, 0.15) is 11.4 Å². The predicted molar refractivity (Wildman–Crippen MR) is 73.7 cm³/mol. The van der Waals surface area contributed by atoms with Gasteiger partial charge in [0.05, 0.1) is 4.92 Å². The summed E-state index contributed by atoms with van der Waals surface area (Å²) in [5, 5.41) is 14.0. The van der Waals surface area contributed by atoms with E-state index in [4.69, 9.17) is 0 Å². The molecule has 1 saturated heterocycles. The summed E-state index contributed by atoms with van der Waals surface area (Å²) in [6, 6.07) is 2.94. The Morgan fingerprint density at radius 2 is 2.10 bits per heavy atom. The smallest absolute Gasteiger partial charge is 0.282 e. The van der Waals surface area contributed by atoms with Crippen molar-refractivity contribution in [2.24, 2.45) is 0 Å². The first-order valence-electron chi connectivity index (χ1n) is 6.03. The molecule has 8 heteroatoms. The summed E-state index contributed by atoms with van der Waals surface area (Å²) in [6.07, 6.45) is 0.773. The van der Waals surface area contributed by atoms with Crippen molar-refractivity contribution in [1.82, 2.24) is 10.2 Å². The van der Waals surface area contributed by atoms with Crippen molar-refractivity contribution in [3.8, 4) is 0 Å². The molecule has 1 amide bonds. The minimum atomic E-state index is -0.664. The van der Waals surface area contributed by atoms with Gasteiger partial charge < -0.3 is 10.2 Å². The Labute approximate surface area is 121 Å². The van der Waals surface area contributed by atoms with E-state index in [9.17, 15) is 19.3 Å². The maximum absolute atomic E-state index is 13.2. The van der Waals surface area contributed by atoms with Crippen LogP contribution < -0.4 is 5.32 Å². The molecule has 0 spiro atoms. The summed E-state index contributed by atoms with van der Waals surface area (Å²) >= 11 is 0. The van der Waals surface area contributed by atoms with Crippen LogP contribution >= 0.6 is 12.4 Å². The van der Waals surface area contributed by atoms with Crippen molar-refractivity contribution in [1.29, 1.82) is 0 Å². The molecule has 1 fully saturated rings. The molecule has 1 aromatic rings. The molecule has 0 saturated carbocycles. The number of halogens is 2. The molecule has 1 heterocycles. The van der Waals surface area contributed by atoms with Gasteiger partial charge in [-0.3, -0.25) is 14.9 Å². The number of nitrogens with zero attached hydrogens (tertiary/aromatic N) is 2. The zero-order valence-corrected chi connectivity index (χ0v) is 11.5. The summed E-state index contributed by atoms with van der Waals surface area (Å²) in [7, 11) is 0. The molecule has 110 valence electrons. The molecular weight excluding hydrogens is 289 g/mol. The van der Waals surface area contributed by atoms with Gasteiger partial charge in [-0.15, -0.1) is 12.4 Å². The van der Waals surface area contributed by atoms with Gasteiger partial charge in [-0.1, -0.05) is 0 Å². The third kappa shape index (κ3) is 3.64. The third-order valence-corrected chi connectivity index (χ3v) is 3.01. The van der Waals surface area contributed by atoms with E-state index in [2.05, 4.69) is 5.32 Å². The molecule has 1 aliphatic rings. The number of carbonyl (C=O) groups is 1. The highest BCUT2D eigenvalue weighted by molar-refractivity contribution is 5.98. The molecule has 0 aromatic heterocycles. The zero-order chi connectivity index (χ0) is 13.8. The van der Waals surface area contributed by atoms with Crippen LogP contribution in [0.3, 0.4) is 0 Å². The van der Waals surface area contributed by atoms with E-state index in [0.717, 1.165) is 31.2 Å². The van der Waals surface area contributed by atoms with Crippen LogP contribution in [-0.2, 0) is 0 Å². The minimum absolute atomic E-state index is 0. The van der Waals surface area contributed by atoms with E-state index in [0.29, 0.717) is 19.6 Å². The predicted octanol–water partition coefficient (Wildman–Crippen LogP) is 1.59. The van der Waals surface area contributed by atoms with Gasteiger partial charge in [-0.2, -0.15) is 0 Å². The Hall–Kier alpha value is -1.73. The standard InChI is InChI=1S/C12H14FN3O3.ClH/c13-9-2-3-11(16(18)19)10(8-9)12(17)15-6-1-4-14-5-7-15;/h2-3,8,14H,1,4-7H2;1H. The van der Waals surface area contributed by atoms with Crippen LogP contribution in [0.1, 0.15) is 16.8 Å². The summed E-state index contributed by atoms with van der Waals surface area (Å²) < 4.78 is 13.2. The van der Waals surface area contributed by atoms with Crippen molar-refractivity contribution in [3.05, 3.63) is 39.7 Å². The maximum atomic E-state index is 13.2. The lowest BCUT2D eigenvalue weighted by atomic mass is 10.1. The fraction of sp³-hybridized carbons (Fsp3) is 0.417. The first-order chi connectivity index (χ1) is 9.09. The largest absolute Gasteiger partial charge is 0.337 e. The van der Waals surface area contributed by atoms with E-state index in [-0.39, 0.29) is 23.7 Å². The van der Waals surface area contributed by atoms with Gasteiger partial charge in [-0.25, -0.2) is 4.39 Å². The highest BCUT2D eigenvalue weighted by atomic mass is 35.5. The molecule has 0 atom stereocenters. The molecule has 1 aromatic carbocycles. The van der Waals surface area contributed by atoms with Gasteiger partial charge in [0, 0.05) is 25.7 Å². The molecule has 0 unspecified atom stereocenters. The van der Waals surface area contributed by atoms with Crippen molar-refractivity contribution in [2.45, 2.75) is 6.42 Å². The number of amides is 1. The van der Waals surface area contributed by atoms with Gasteiger partial charge in [-0.05, 0) is 25.1 Å². The molecule has 1 aliphatic heterocycles. The molecule has 0 bridgehead atoms. The minimum Gasteiger partial charge on any atom is -0.337 e. The van der Waals surface area contributed by atoms with Crippen LogP contribution in [0, 0.1) is 15.9 Å². The number of hydrogen-bond donors (Lipinski definition) is 1. The average Bonchev–Trinajstić information content (AvgIpc) is 2.66. The van der Waals surface area contributed by atoms with Crippen LogP contribution in [0.5, 0.6) is 0 Å². The second kappa shape index (κ2) is 7.16. The Balaban J connectivity index is 0.00000200. The van der Waals surface area contributed by atoms with Crippen LogP contribution in [-0.4, -0.2) is 41.9 Å². The summed E-state index contributed by atoms with van der Waals surface area (Å²) in [4.78, 5) is 24.0. The topological polar surface area (TPSA) is 75.5 Å². The van der Waals surface area contributed by atoms with Crippen molar-refractivity contribution in [2.75, 3.05) is 26.2 Å². The molecule has 0 aliphatic carbocycles. The van der Waals surface area contributed by atoms with Crippen LogP contribution in [0.2, 0.25) is 0 Å². The van der Waals surface area contributed by atoms with Crippen LogP contribution in [0.4, 0.5) is 10.1 Å². The molecule has 1 N–H and O–H groups in total. The number of nitro groups is 1. The molecular formula is C12H15ClFN3O3. The highest BCUT2D eigenvalue weighted by Gasteiger charge is 2.25. The summed E-state index contributed by atoms with van der Waals surface area (Å²) in [5.41, 5.74) is -0.546. The lowest BCUT2D eigenvalue weighted by molar-refractivity contribution is -0.385. The number of carbonyl (C=O) groups excluding carboxylic acids is 1. The number of nitrogens with one attached hydrogen (secondary N) is 1. The van der Waals surface area contributed by atoms with E-state index < -0.39 is 16.6 Å². The molecule has 2 rings (SSSR count). The number of nitro benzene ring substituents is 1. The first-order valence-corrected chi connectivity index (χ1v) is 6.03. The van der Waals surface area contributed by atoms with Crippen molar-refractivity contribution >= 4 is 24.0 Å². The Bertz CT molecular complexity index is 505. The lowest BCUT2D eigenvalue weighted by Gasteiger charge is -2.19. The normalized spacial score (nSPS) is 15.2. The Morgan fingerprint density at radius 1 is 1.35 bits per heavy atom. The fourth-order valence-electron chi connectivity index (χ4n) is 2.06. The second-order valence-corrected chi connectivity index (χ2v) is 4.31. The summed E-state index contributed by atoms with van der Waals surface area (Å²) in [6.45, 7) is 2.41. The average molecular weight is 304 g/mol. The fourth-order valence-corrected chi connectivity index (χ4v) is 2.06. The van der Waals surface area contributed by atoms with Crippen LogP contribution in [0.15, 0.2) is 18.2 Å². The van der Waals surface area contributed by atoms with Crippen molar-refractivity contribution in [3.63, 3.8) is 0 Å². The van der Waals surface area contributed by atoms with E-state index in [1.165, 1.54) is 4.90 Å². The van der Waals surface area contributed by atoms with Crippen molar-refractivity contribution < 1.29 is 14.1 Å². The molecule has 6 nitrogen and oxygen atoms in total. The Morgan fingerprint density at radius 3 is 2.80 bits per heavy atom. The number of rotatable bonds is 2. The number of benzene rings is 1. The molecule has 20 heavy (non-hydrogen) atoms. The van der Waals surface area contributed by atoms with Gasteiger partial charge >= 0.3 is 0 Å². The van der Waals surface area contributed by atoms with Gasteiger partial charge in [0.2, 0.25) is 0 Å². The van der Waals surface area contributed by atoms with E-state index in [1.807, 2.05) is 0 Å². The lowest BCUT2D eigenvalue weighted by Crippen LogP contribution is -2.34. The molecule has 0 radical (unpaired) electrons. The van der Waals surface area contributed by atoms with E-state index >= 15 is 0 Å². The summed E-state index contributed by atoms with van der Waals surface area (Å²) in [5.74, 6) is -1.14. The Kier molecular flexibility index (Phi) is 5.84. The highest BCUT2D eigenvalue weighted by Crippen LogP contribution is 2.21. The first kappa shape index (κ1) is 16.3. The SMILES string of the molecule is Cl.O=C(c1cc(F)ccc1[N+](=O)[O-])N1CCCNCC1. The maximum Gasteiger partial charge on any atom is 0.282 e. The number of hydrogen-bond acceptors (Lipinski definition) is 4. The zero-order valence-electron chi connectivity index (χ0n) is 10.7. The third-order valence-electron chi connectivity index (χ3n) is 3.01. The monoisotopic (exact) mass is 303 g/mol.